The maximum atomic E-state index is 11.0. The van der Waals surface area contributed by atoms with Crippen molar-refractivity contribution in [3.05, 3.63) is 24.5 Å². The number of aryl methyl sites for hydroxylation is 1. The standard InChI is InChI=1S/C19H22N8O3/c20-17-15-16(11-6-7-13-12(9-11)24-19(21)30-13)25-27(18(15)23-10-22-17)8-4-2-1-3-5-14(28)26-29/h6-7,9-10,29H,1-5,8H2,(H2,21,24)(H,26,28)(H2,20,22,23). The van der Waals surface area contributed by atoms with E-state index in [1.54, 1.807) is 11.5 Å². The van der Waals surface area contributed by atoms with Crippen molar-refractivity contribution in [1.82, 2.24) is 30.2 Å². The number of fused-ring (bicyclic) bond motifs is 2. The molecule has 0 aliphatic heterocycles. The summed E-state index contributed by atoms with van der Waals surface area (Å²) in [6, 6.07) is 5.62. The zero-order valence-corrected chi connectivity index (χ0v) is 16.2. The molecule has 0 spiro atoms. The number of oxazole rings is 1. The average molecular weight is 410 g/mol. The quantitative estimate of drug-likeness (QED) is 0.193. The van der Waals surface area contributed by atoms with Gasteiger partial charge in [-0.3, -0.25) is 10.0 Å². The largest absolute Gasteiger partial charge is 0.424 e. The van der Waals surface area contributed by atoms with Crippen LogP contribution in [0.4, 0.5) is 11.8 Å². The van der Waals surface area contributed by atoms with Crippen LogP contribution in [0, 0.1) is 0 Å². The van der Waals surface area contributed by atoms with E-state index >= 15 is 0 Å². The lowest BCUT2D eigenvalue weighted by Gasteiger charge is -2.03. The number of aromatic nitrogens is 5. The summed E-state index contributed by atoms with van der Waals surface area (Å²) in [5.41, 5.74) is 16.8. The first kappa shape index (κ1) is 19.6. The molecule has 0 aliphatic rings. The molecular formula is C19H22N8O3. The number of nitrogens with zero attached hydrogens (tertiary/aromatic N) is 5. The summed E-state index contributed by atoms with van der Waals surface area (Å²) in [7, 11) is 0. The summed E-state index contributed by atoms with van der Waals surface area (Å²) in [6.45, 7) is 0.651. The molecule has 0 unspecified atom stereocenters. The number of hydrogen-bond donors (Lipinski definition) is 4. The Morgan fingerprint density at radius 1 is 1.17 bits per heavy atom. The minimum absolute atomic E-state index is 0.108. The van der Waals surface area contributed by atoms with Gasteiger partial charge in [0.1, 0.15) is 23.4 Å². The number of carbonyl (C=O) groups is 1. The molecule has 0 atom stereocenters. The van der Waals surface area contributed by atoms with E-state index in [0.29, 0.717) is 53.0 Å². The lowest BCUT2D eigenvalue weighted by molar-refractivity contribution is -0.129. The van der Waals surface area contributed by atoms with Gasteiger partial charge in [0.25, 0.3) is 6.01 Å². The molecule has 156 valence electrons. The van der Waals surface area contributed by atoms with Crippen LogP contribution in [-0.2, 0) is 11.3 Å². The van der Waals surface area contributed by atoms with Crippen LogP contribution in [0.1, 0.15) is 32.1 Å². The van der Waals surface area contributed by atoms with E-state index in [9.17, 15) is 4.79 Å². The smallest absolute Gasteiger partial charge is 0.292 e. The van der Waals surface area contributed by atoms with Crippen LogP contribution >= 0.6 is 0 Å². The predicted octanol–water partition coefficient (Wildman–Crippen LogP) is 2.25. The second-order valence-corrected chi connectivity index (χ2v) is 6.96. The predicted molar refractivity (Wildman–Crippen MR) is 110 cm³/mol. The molecule has 3 heterocycles. The van der Waals surface area contributed by atoms with Crippen LogP contribution in [0.25, 0.3) is 33.4 Å². The molecule has 4 aromatic rings. The number of rotatable bonds is 8. The lowest BCUT2D eigenvalue weighted by atomic mass is 10.1. The maximum Gasteiger partial charge on any atom is 0.292 e. The van der Waals surface area contributed by atoms with Gasteiger partial charge < -0.3 is 15.9 Å². The van der Waals surface area contributed by atoms with Gasteiger partial charge in [0.05, 0.1) is 5.39 Å². The van der Waals surface area contributed by atoms with Gasteiger partial charge in [-0.15, -0.1) is 0 Å². The summed E-state index contributed by atoms with van der Waals surface area (Å²) in [6.07, 6.45) is 5.10. The number of nitrogens with one attached hydrogen (secondary N) is 1. The first-order valence-corrected chi connectivity index (χ1v) is 9.63. The molecule has 11 nitrogen and oxygen atoms in total. The van der Waals surface area contributed by atoms with Crippen molar-refractivity contribution in [3.8, 4) is 11.3 Å². The summed E-state index contributed by atoms with van der Waals surface area (Å²) in [4.78, 5) is 23.7. The van der Waals surface area contributed by atoms with Gasteiger partial charge in [0.2, 0.25) is 5.91 Å². The Hall–Kier alpha value is -3.73. The fraction of sp³-hybridized carbons (Fsp3) is 0.316. The number of anilines is 2. The number of unbranched alkanes of at least 4 members (excludes halogenated alkanes) is 3. The highest BCUT2D eigenvalue weighted by atomic mass is 16.5. The number of hydrogen-bond acceptors (Lipinski definition) is 9. The molecular weight excluding hydrogens is 388 g/mol. The fourth-order valence-corrected chi connectivity index (χ4v) is 3.44. The van der Waals surface area contributed by atoms with Gasteiger partial charge in [-0.25, -0.2) is 20.1 Å². The van der Waals surface area contributed by atoms with Crippen LogP contribution in [0.5, 0.6) is 0 Å². The highest BCUT2D eigenvalue weighted by Crippen LogP contribution is 2.32. The summed E-state index contributed by atoms with van der Waals surface area (Å²) in [5.74, 6) is -0.00764. The van der Waals surface area contributed by atoms with Crippen LogP contribution in [0.2, 0.25) is 0 Å². The minimum atomic E-state index is -0.365. The van der Waals surface area contributed by atoms with Gasteiger partial charge in [0.15, 0.2) is 11.2 Å². The monoisotopic (exact) mass is 410 g/mol. The Kier molecular flexibility index (Phi) is 5.44. The third-order valence-electron chi connectivity index (χ3n) is 4.88. The molecule has 11 heteroatoms. The van der Waals surface area contributed by atoms with Crippen molar-refractivity contribution in [2.24, 2.45) is 0 Å². The van der Waals surface area contributed by atoms with E-state index in [2.05, 4.69) is 15.0 Å². The van der Waals surface area contributed by atoms with Crippen molar-refractivity contribution in [2.75, 3.05) is 11.5 Å². The van der Waals surface area contributed by atoms with Crippen LogP contribution in [0.15, 0.2) is 28.9 Å². The maximum absolute atomic E-state index is 11.0. The van der Waals surface area contributed by atoms with Crippen molar-refractivity contribution >= 4 is 39.9 Å². The van der Waals surface area contributed by atoms with Crippen molar-refractivity contribution < 1.29 is 14.4 Å². The minimum Gasteiger partial charge on any atom is -0.424 e. The molecule has 1 aromatic carbocycles. The van der Waals surface area contributed by atoms with Gasteiger partial charge in [0, 0.05) is 18.5 Å². The normalized spacial score (nSPS) is 11.4. The second kappa shape index (κ2) is 8.33. The van der Waals surface area contributed by atoms with Crippen molar-refractivity contribution in [3.63, 3.8) is 0 Å². The molecule has 4 rings (SSSR count). The van der Waals surface area contributed by atoms with Gasteiger partial charge in [-0.05, 0) is 31.0 Å². The molecule has 3 aromatic heterocycles. The molecule has 0 radical (unpaired) electrons. The molecule has 1 amide bonds. The van der Waals surface area contributed by atoms with Crippen LogP contribution < -0.4 is 16.9 Å². The van der Waals surface area contributed by atoms with Crippen LogP contribution in [-0.4, -0.2) is 35.8 Å². The van der Waals surface area contributed by atoms with E-state index in [1.807, 2.05) is 16.8 Å². The van der Waals surface area contributed by atoms with Gasteiger partial charge >= 0.3 is 0 Å². The first-order chi connectivity index (χ1) is 14.6. The Balaban J connectivity index is 1.56. The van der Waals surface area contributed by atoms with E-state index in [1.165, 1.54) is 6.33 Å². The second-order valence-electron chi connectivity index (χ2n) is 6.96. The zero-order valence-electron chi connectivity index (χ0n) is 16.2. The molecule has 0 aliphatic carbocycles. The number of nitrogens with two attached hydrogens (primary N) is 2. The third kappa shape index (κ3) is 3.87. The number of nitrogen functional groups attached to an aromatic ring is 2. The van der Waals surface area contributed by atoms with Gasteiger partial charge in [-0.1, -0.05) is 12.8 Å². The molecule has 30 heavy (non-hydrogen) atoms. The molecule has 0 saturated heterocycles. The molecule has 0 saturated carbocycles. The topological polar surface area (TPSA) is 171 Å². The molecule has 0 fully saturated rings. The number of carbonyl (C=O) groups excluding carboxylic acids is 1. The Bertz CT molecular complexity index is 1200. The first-order valence-electron chi connectivity index (χ1n) is 9.63. The Labute approximate surface area is 171 Å². The highest BCUT2D eigenvalue weighted by Gasteiger charge is 2.18. The SMILES string of the molecule is Nc1nc2cc(-c3nn(CCCCCCC(=O)NO)c4ncnc(N)c34)ccc2o1. The van der Waals surface area contributed by atoms with E-state index < -0.39 is 0 Å². The molecule has 6 N–H and O–H groups in total. The zero-order chi connectivity index (χ0) is 21.1. The van der Waals surface area contributed by atoms with Crippen LogP contribution in [0.3, 0.4) is 0 Å². The van der Waals surface area contributed by atoms with E-state index in [4.69, 9.17) is 26.2 Å². The van der Waals surface area contributed by atoms with E-state index in [-0.39, 0.29) is 11.9 Å². The number of hydroxylamine groups is 1. The summed E-state index contributed by atoms with van der Waals surface area (Å²) in [5, 5.41) is 13.9. The third-order valence-corrected chi connectivity index (χ3v) is 4.88. The van der Waals surface area contributed by atoms with E-state index in [0.717, 1.165) is 24.8 Å². The number of benzene rings is 1. The fourth-order valence-electron chi connectivity index (χ4n) is 3.44. The van der Waals surface area contributed by atoms with Crippen molar-refractivity contribution in [2.45, 2.75) is 38.6 Å². The van der Waals surface area contributed by atoms with Gasteiger partial charge in [-0.2, -0.15) is 10.1 Å². The number of amides is 1. The Morgan fingerprint density at radius 3 is 2.83 bits per heavy atom. The highest BCUT2D eigenvalue weighted by molar-refractivity contribution is 5.99. The summed E-state index contributed by atoms with van der Waals surface area (Å²) >= 11 is 0. The molecule has 0 bridgehead atoms. The Morgan fingerprint density at radius 2 is 2.00 bits per heavy atom. The average Bonchev–Trinajstić information content (AvgIpc) is 3.30. The lowest BCUT2D eigenvalue weighted by Crippen LogP contribution is -2.17. The van der Waals surface area contributed by atoms with Crippen molar-refractivity contribution in [1.29, 1.82) is 0 Å². The summed E-state index contributed by atoms with van der Waals surface area (Å²) < 4.78 is 7.16.